The Bertz CT molecular complexity index is 833. The summed E-state index contributed by atoms with van der Waals surface area (Å²) in [6.45, 7) is 4.14. The van der Waals surface area contributed by atoms with Crippen LogP contribution in [0.15, 0.2) is 72.9 Å². The third-order valence-corrected chi connectivity index (χ3v) is 6.93. The van der Waals surface area contributed by atoms with Gasteiger partial charge in [-0.25, -0.2) is 0 Å². The number of esters is 2. The number of aliphatic hydroxyl groups is 1. The molecule has 0 rings (SSSR count). The highest BCUT2D eigenvalue weighted by atomic mass is 16.6. The standard InChI is InChI=1S/C39H64O5/c1-3-5-7-9-11-13-15-16-17-18-19-20-21-22-24-26-28-30-32-34-39(42)44-36-37(40)35-43-38(41)33-31-29-27-25-23-14-12-10-8-6-4-2/h11,13,16-17,19-20,22,24-25,27-28,30,37,40H,3-10,12,14-15,18,21,23,26,29,31-36H2,1-2H3/b13-11-,17-16-,20-19-,24-22-,27-25-,30-28-/t37-/m1/s1. The summed E-state index contributed by atoms with van der Waals surface area (Å²) in [5.74, 6) is -0.704. The molecule has 44 heavy (non-hydrogen) atoms. The Hall–Kier alpha value is -2.66. The Balaban J connectivity index is 3.66. The summed E-state index contributed by atoms with van der Waals surface area (Å²) in [6.07, 6.45) is 45.4. The first-order valence-corrected chi connectivity index (χ1v) is 17.5. The van der Waals surface area contributed by atoms with Gasteiger partial charge in [0.1, 0.15) is 19.3 Å². The first-order valence-electron chi connectivity index (χ1n) is 17.5. The van der Waals surface area contributed by atoms with Gasteiger partial charge in [0, 0.05) is 12.8 Å². The molecule has 0 saturated heterocycles. The summed E-state index contributed by atoms with van der Waals surface area (Å²) in [7, 11) is 0. The molecular weight excluding hydrogens is 548 g/mol. The minimum atomic E-state index is -1.01. The molecule has 0 heterocycles. The van der Waals surface area contributed by atoms with Crippen LogP contribution in [0.5, 0.6) is 0 Å². The second-order valence-electron chi connectivity index (χ2n) is 11.3. The van der Waals surface area contributed by atoms with E-state index in [4.69, 9.17) is 9.47 Å². The van der Waals surface area contributed by atoms with E-state index in [9.17, 15) is 14.7 Å². The highest BCUT2D eigenvalue weighted by Crippen LogP contribution is 2.08. The largest absolute Gasteiger partial charge is 0.463 e. The van der Waals surface area contributed by atoms with Gasteiger partial charge in [-0.1, -0.05) is 132 Å². The Kier molecular flexibility index (Phi) is 32.7. The van der Waals surface area contributed by atoms with Crippen molar-refractivity contribution in [3.05, 3.63) is 72.9 Å². The van der Waals surface area contributed by atoms with Crippen molar-refractivity contribution in [1.29, 1.82) is 0 Å². The molecule has 0 aliphatic carbocycles. The predicted molar refractivity (Wildman–Crippen MR) is 186 cm³/mol. The first kappa shape index (κ1) is 41.3. The van der Waals surface area contributed by atoms with Crippen molar-refractivity contribution in [2.24, 2.45) is 0 Å². The van der Waals surface area contributed by atoms with Gasteiger partial charge in [-0.3, -0.25) is 9.59 Å². The van der Waals surface area contributed by atoms with E-state index in [-0.39, 0.29) is 31.6 Å². The third kappa shape index (κ3) is 33.8. The second kappa shape index (κ2) is 34.8. The Labute approximate surface area is 270 Å². The Morgan fingerprint density at radius 1 is 0.477 bits per heavy atom. The normalized spacial score (nSPS) is 13.1. The van der Waals surface area contributed by atoms with E-state index in [1.54, 1.807) is 0 Å². The van der Waals surface area contributed by atoms with Crippen LogP contribution in [0.4, 0.5) is 0 Å². The molecule has 1 N–H and O–H groups in total. The molecule has 0 saturated carbocycles. The summed E-state index contributed by atoms with van der Waals surface area (Å²) in [5.41, 5.74) is 0. The molecule has 0 unspecified atom stereocenters. The van der Waals surface area contributed by atoms with Gasteiger partial charge in [-0.2, -0.15) is 0 Å². The van der Waals surface area contributed by atoms with Crippen LogP contribution in [0.1, 0.15) is 142 Å². The minimum Gasteiger partial charge on any atom is -0.463 e. The smallest absolute Gasteiger partial charge is 0.306 e. The van der Waals surface area contributed by atoms with E-state index in [1.165, 1.54) is 64.2 Å². The minimum absolute atomic E-state index is 0.158. The van der Waals surface area contributed by atoms with E-state index >= 15 is 0 Å². The summed E-state index contributed by atoms with van der Waals surface area (Å²) >= 11 is 0. The highest BCUT2D eigenvalue weighted by molar-refractivity contribution is 5.70. The van der Waals surface area contributed by atoms with Crippen LogP contribution in [-0.4, -0.2) is 36.4 Å². The van der Waals surface area contributed by atoms with Crippen molar-refractivity contribution in [3.63, 3.8) is 0 Å². The van der Waals surface area contributed by atoms with Gasteiger partial charge in [0.2, 0.25) is 0 Å². The molecule has 0 aromatic carbocycles. The van der Waals surface area contributed by atoms with Gasteiger partial charge >= 0.3 is 11.9 Å². The fraction of sp³-hybridized carbons (Fsp3) is 0.641. The van der Waals surface area contributed by atoms with Crippen molar-refractivity contribution < 1.29 is 24.2 Å². The summed E-state index contributed by atoms with van der Waals surface area (Å²) in [6, 6.07) is 0. The van der Waals surface area contributed by atoms with Crippen LogP contribution in [0, 0.1) is 0 Å². The number of carbonyl (C=O) groups excluding carboxylic acids is 2. The molecule has 1 atom stereocenters. The number of carbonyl (C=O) groups is 2. The summed E-state index contributed by atoms with van der Waals surface area (Å²) in [4.78, 5) is 23.7. The molecule has 5 nitrogen and oxygen atoms in total. The van der Waals surface area contributed by atoms with E-state index in [0.717, 1.165) is 44.9 Å². The second-order valence-corrected chi connectivity index (χ2v) is 11.3. The van der Waals surface area contributed by atoms with Crippen molar-refractivity contribution >= 4 is 11.9 Å². The van der Waals surface area contributed by atoms with Crippen LogP contribution >= 0.6 is 0 Å². The zero-order valence-corrected chi connectivity index (χ0v) is 28.1. The van der Waals surface area contributed by atoms with Crippen LogP contribution in [0.2, 0.25) is 0 Å². The number of aliphatic hydroxyl groups excluding tert-OH is 1. The van der Waals surface area contributed by atoms with Crippen LogP contribution in [-0.2, 0) is 19.1 Å². The lowest BCUT2D eigenvalue weighted by Crippen LogP contribution is -2.25. The molecule has 0 fully saturated rings. The van der Waals surface area contributed by atoms with Gasteiger partial charge in [0.25, 0.3) is 0 Å². The number of rotatable bonds is 30. The number of unbranched alkanes of at least 4 members (excludes halogenated alkanes) is 10. The quantitative estimate of drug-likeness (QED) is 0.0496. The molecule has 0 spiro atoms. The fourth-order valence-corrected chi connectivity index (χ4v) is 4.25. The molecule has 0 aliphatic rings. The molecule has 0 aromatic heterocycles. The number of ether oxygens (including phenoxy) is 2. The highest BCUT2D eigenvalue weighted by Gasteiger charge is 2.11. The Morgan fingerprint density at radius 2 is 0.841 bits per heavy atom. The van der Waals surface area contributed by atoms with E-state index in [0.29, 0.717) is 12.8 Å². The molecule has 0 bridgehead atoms. The topological polar surface area (TPSA) is 72.8 Å². The zero-order valence-electron chi connectivity index (χ0n) is 28.1. The van der Waals surface area contributed by atoms with Crippen molar-refractivity contribution in [2.45, 2.75) is 148 Å². The first-order chi connectivity index (χ1) is 21.6. The summed E-state index contributed by atoms with van der Waals surface area (Å²) < 4.78 is 10.2. The maximum absolute atomic E-state index is 11.9. The monoisotopic (exact) mass is 612 g/mol. The van der Waals surface area contributed by atoms with E-state index in [2.05, 4.69) is 74.6 Å². The van der Waals surface area contributed by atoms with E-state index in [1.807, 2.05) is 12.2 Å². The van der Waals surface area contributed by atoms with Gasteiger partial charge in [0.15, 0.2) is 0 Å². The molecule has 5 heteroatoms. The molecule has 0 aliphatic heterocycles. The van der Waals surface area contributed by atoms with Crippen molar-refractivity contribution in [2.75, 3.05) is 13.2 Å². The zero-order chi connectivity index (χ0) is 32.2. The maximum atomic E-state index is 11.9. The van der Waals surface area contributed by atoms with E-state index < -0.39 is 6.10 Å². The van der Waals surface area contributed by atoms with Crippen LogP contribution in [0.3, 0.4) is 0 Å². The predicted octanol–water partition coefficient (Wildman–Crippen LogP) is 10.6. The average Bonchev–Trinajstić information content (AvgIpc) is 3.02. The van der Waals surface area contributed by atoms with Gasteiger partial charge in [0.05, 0.1) is 0 Å². The van der Waals surface area contributed by atoms with Gasteiger partial charge < -0.3 is 14.6 Å². The lowest BCUT2D eigenvalue weighted by molar-refractivity contribution is -0.152. The number of hydrogen-bond acceptors (Lipinski definition) is 5. The molecule has 0 amide bonds. The molecule has 0 radical (unpaired) electrons. The van der Waals surface area contributed by atoms with Gasteiger partial charge in [-0.15, -0.1) is 0 Å². The molecule has 250 valence electrons. The fourth-order valence-electron chi connectivity index (χ4n) is 4.25. The van der Waals surface area contributed by atoms with Crippen molar-refractivity contribution in [3.8, 4) is 0 Å². The van der Waals surface area contributed by atoms with Crippen molar-refractivity contribution in [1.82, 2.24) is 0 Å². The molecular formula is C39H64O5. The summed E-state index contributed by atoms with van der Waals surface area (Å²) in [5, 5.41) is 9.94. The lowest BCUT2D eigenvalue weighted by Gasteiger charge is -2.11. The lowest BCUT2D eigenvalue weighted by atomic mass is 10.1. The van der Waals surface area contributed by atoms with Crippen LogP contribution in [0.25, 0.3) is 0 Å². The Morgan fingerprint density at radius 3 is 1.39 bits per heavy atom. The van der Waals surface area contributed by atoms with Gasteiger partial charge in [-0.05, 0) is 70.6 Å². The number of allylic oxidation sites excluding steroid dienone is 12. The molecule has 0 aromatic rings. The SMILES string of the molecule is CCCCC/C=C\C/C=C\C/C=C\C/C=C\C/C=C\CCC(=O)OC[C@H](O)COC(=O)CCC/C=C\CCCCCCCC. The third-order valence-electron chi connectivity index (χ3n) is 6.93. The van der Waals surface area contributed by atoms with Crippen LogP contribution < -0.4 is 0 Å². The maximum Gasteiger partial charge on any atom is 0.306 e. The number of hydrogen-bond donors (Lipinski definition) is 1. The average molecular weight is 613 g/mol.